The topological polar surface area (TPSA) is 338 Å². The Morgan fingerprint density at radius 1 is 0.771 bits per heavy atom. The third kappa shape index (κ3) is 14.6. The van der Waals surface area contributed by atoms with Gasteiger partial charge in [-0.3, -0.25) is 48.1 Å². The molecule has 0 radical (unpaired) electrons. The summed E-state index contributed by atoms with van der Waals surface area (Å²) in [5, 5.41) is 18.7. The van der Waals surface area contributed by atoms with Gasteiger partial charge in [0.15, 0.2) is 0 Å². The lowest BCUT2D eigenvalue weighted by atomic mass is 9.93. The molecule has 1 aromatic heterocycles. The van der Waals surface area contributed by atoms with Crippen molar-refractivity contribution in [1.82, 2.24) is 47.1 Å². The Morgan fingerprint density at radius 2 is 1.36 bits per heavy atom. The number of H-pyrrole nitrogens is 1. The Hall–Kier alpha value is -7.30. The van der Waals surface area contributed by atoms with Crippen LogP contribution in [-0.2, 0) is 56.0 Å². The van der Waals surface area contributed by atoms with Crippen molar-refractivity contribution in [3.8, 4) is 0 Å². The molecule has 2 aromatic carbocycles. The van der Waals surface area contributed by atoms with E-state index in [0.29, 0.717) is 18.4 Å². The second-order valence-corrected chi connectivity index (χ2v) is 18.0. The monoisotopic (exact) mass is 988 g/mol. The van der Waals surface area contributed by atoms with Crippen molar-refractivity contribution >= 4 is 88.9 Å². The van der Waals surface area contributed by atoms with Crippen molar-refractivity contribution < 1.29 is 47.9 Å². The third-order valence-corrected chi connectivity index (χ3v) is 12.2. The number of rotatable bonds is 26. The van der Waals surface area contributed by atoms with Crippen molar-refractivity contribution in [2.45, 2.75) is 133 Å². The molecule has 0 bridgehead atoms. The van der Waals surface area contributed by atoms with Crippen LogP contribution in [0.25, 0.3) is 10.9 Å². The van der Waals surface area contributed by atoms with E-state index in [1.165, 1.54) is 27.8 Å². The highest BCUT2D eigenvalue weighted by molar-refractivity contribution is 7.82. The molecular formula is C47H64N12O10S. The van der Waals surface area contributed by atoms with Gasteiger partial charge in [-0.2, -0.15) is 12.6 Å². The average molecular weight is 989 g/mol. The van der Waals surface area contributed by atoms with Gasteiger partial charge in [-0.15, -0.1) is 0 Å². The molecule has 378 valence electrons. The molecule has 23 heteroatoms. The van der Waals surface area contributed by atoms with E-state index in [1.807, 2.05) is 31.2 Å². The minimum Gasteiger partial charge on any atom is -0.370 e. The molecule has 1 aliphatic rings. The summed E-state index contributed by atoms with van der Waals surface area (Å²) in [6.07, 6.45) is 3.40. The predicted octanol–water partition coefficient (Wildman–Crippen LogP) is -0.459. The van der Waals surface area contributed by atoms with E-state index in [4.69, 9.17) is 11.5 Å². The van der Waals surface area contributed by atoms with Crippen LogP contribution in [0.15, 0.2) is 65.8 Å². The first-order chi connectivity index (χ1) is 33.1. The molecule has 4 rings (SSSR count). The Morgan fingerprint density at radius 3 is 1.94 bits per heavy atom. The molecular weight excluding hydrogens is 925 g/mol. The molecule has 1 aliphatic heterocycles. The van der Waals surface area contributed by atoms with E-state index in [2.05, 4.69) is 59.8 Å². The summed E-state index contributed by atoms with van der Waals surface area (Å²) in [5.41, 5.74) is 13.4. The number of urea groups is 1. The first kappa shape index (κ1) is 55.3. The summed E-state index contributed by atoms with van der Waals surface area (Å²) in [7, 11) is 1.32. The largest absolute Gasteiger partial charge is 0.370 e. The maximum Gasteiger partial charge on any atom is 0.325 e. The number of thiol groups is 1. The van der Waals surface area contributed by atoms with Gasteiger partial charge in [-0.1, -0.05) is 75.2 Å². The molecule has 22 nitrogen and oxygen atoms in total. The quantitative estimate of drug-likeness (QED) is 0.0279. The lowest BCUT2D eigenvalue weighted by Gasteiger charge is -2.34. The number of aromatic nitrogens is 1. The summed E-state index contributed by atoms with van der Waals surface area (Å²) in [4.78, 5) is 142. The first-order valence-corrected chi connectivity index (χ1v) is 23.4. The molecule has 11 amide bonds. The number of nitrogens with one attached hydrogen (secondary N) is 8. The smallest absolute Gasteiger partial charge is 0.325 e. The zero-order valence-electron chi connectivity index (χ0n) is 40.0. The van der Waals surface area contributed by atoms with Crippen molar-refractivity contribution in [2.75, 3.05) is 7.05 Å². The summed E-state index contributed by atoms with van der Waals surface area (Å²) in [6, 6.07) is 4.80. The van der Waals surface area contributed by atoms with Crippen LogP contribution in [0, 0.1) is 0 Å². The fourth-order valence-electron chi connectivity index (χ4n) is 7.84. The summed E-state index contributed by atoms with van der Waals surface area (Å²) in [5.74, 6) is -7.56. The number of benzene rings is 2. The van der Waals surface area contributed by atoms with Crippen LogP contribution in [0.3, 0.4) is 0 Å². The molecule has 3 aromatic rings. The maximum absolute atomic E-state index is 14.5. The third-order valence-electron chi connectivity index (χ3n) is 11.7. The van der Waals surface area contributed by atoms with Crippen LogP contribution < -0.4 is 48.7 Å². The zero-order chi connectivity index (χ0) is 51.9. The number of aromatic amines is 1. The highest BCUT2D eigenvalue weighted by Crippen LogP contribution is 2.24. The van der Waals surface area contributed by atoms with Gasteiger partial charge < -0.3 is 53.7 Å². The number of nitrogens with two attached hydrogens (primary N) is 2. The number of nitrogens with zero attached hydrogens (tertiary/aromatic N) is 2. The molecule has 0 spiro atoms. The first-order valence-electron chi connectivity index (χ1n) is 22.9. The van der Waals surface area contributed by atoms with E-state index < -0.39 is 119 Å². The Bertz CT molecular complexity index is 2450. The van der Waals surface area contributed by atoms with Crippen LogP contribution in [0.1, 0.15) is 77.8 Å². The van der Waals surface area contributed by atoms with E-state index in [-0.39, 0.29) is 25.7 Å². The molecule has 70 heavy (non-hydrogen) atoms. The van der Waals surface area contributed by atoms with Crippen molar-refractivity contribution in [3.63, 3.8) is 0 Å². The second-order valence-electron chi connectivity index (χ2n) is 17.2. The number of hydrogen-bond donors (Lipinski definition) is 11. The van der Waals surface area contributed by atoms with Gasteiger partial charge in [0.25, 0.3) is 5.91 Å². The fourth-order valence-corrected chi connectivity index (χ4v) is 8.29. The molecule has 9 atom stereocenters. The van der Waals surface area contributed by atoms with Crippen molar-refractivity contribution in [3.05, 3.63) is 71.9 Å². The normalized spacial score (nSPS) is 17.4. The van der Waals surface area contributed by atoms with Crippen LogP contribution in [0.5, 0.6) is 0 Å². The lowest BCUT2D eigenvalue weighted by Crippen LogP contribution is -2.65. The molecule has 1 saturated heterocycles. The minimum atomic E-state index is -1.93. The molecule has 1 fully saturated rings. The number of unbranched alkanes of at least 4 members (excludes halogenated alkanes) is 1. The number of aliphatic imine (C=N–C) groups is 1. The van der Waals surface area contributed by atoms with Gasteiger partial charge in [-0.05, 0) is 50.8 Å². The summed E-state index contributed by atoms with van der Waals surface area (Å²) < 4.78 is -1.93. The highest BCUT2D eigenvalue weighted by Gasteiger charge is 2.45. The van der Waals surface area contributed by atoms with Gasteiger partial charge in [0.1, 0.15) is 48.3 Å². The lowest BCUT2D eigenvalue weighted by molar-refractivity contribution is -0.138. The van der Waals surface area contributed by atoms with Crippen molar-refractivity contribution in [2.24, 2.45) is 16.5 Å². The average Bonchev–Trinajstić information content (AvgIpc) is 3.83. The number of hydrogen-bond acceptors (Lipinski definition) is 12. The standard InChI is InChI=1S/C47H64N12O10S/c1-7-9-19-35(59-45(68)27(5)54-46(59)69)43(66)53-25(3)39(62)52-26(4)40(63)58-37(47(70,24-50-6)22-36(48)60)44(67)57-34(20-28-15-11-10-12-16-28)42(65)55-31(8-2)41(64)56-33(38(49)61)21-29-23-51-32-18-14-13-17-30(29)32/h10-18,23-27,31,33-35,37,51,70H,7-9,19-22H2,1-6H3,(H2,48,60)(H2,49,61)(H,52,62)(H,53,66)(H,54,69)(H,55,65)(H,56,64)(H,57,67)(H,58,63)/b50-24-/t25-,26+,27+,31-,33-,34+,35-,37+,47?/m0/s1. The number of amides is 11. The highest BCUT2D eigenvalue weighted by atomic mass is 32.1. The molecule has 0 aliphatic carbocycles. The van der Waals surface area contributed by atoms with Gasteiger partial charge in [0, 0.05) is 49.6 Å². The fraction of sp³-hybridized carbons (Fsp3) is 0.468. The van der Waals surface area contributed by atoms with Gasteiger partial charge in [-0.25, -0.2) is 9.69 Å². The molecule has 12 N–H and O–H groups in total. The number of carbonyl (C=O) groups excluding carboxylic acids is 10. The van der Waals surface area contributed by atoms with E-state index in [0.717, 1.165) is 27.6 Å². The zero-order valence-corrected chi connectivity index (χ0v) is 40.9. The van der Waals surface area contributed by atoms with E-state index in [9.17, 15) is 47.9 Å². The number of para-hydroxylation sites is 1. The number of fused-ring (bicyclic) bond motifs is 1. The van der Waals surface area contributed by atoms with Crippen LogP contribution in [-0.4, -0.2) is 135 Å². The summed E-state index contributed by atoms with van der Waals surface area (Å²) in [6.45, 7) is 7.58. The summed E-state index contributed by atoms with van der Waals surface area (Å²) >= 11 is 4.61. The van der Waals surface area contributed by atoms with Crippen LogP contribution in [0.2, 0.25) is 0 Å². The minimum absolute atomic E-state index is 0.0477. The predicted molar refractivity (Wildman–Crippen MR) is 263 cm³/mol. The Balaban J connectivity index is 1.54. The van der Waals surface area contributed by atoms with Crippen LogP contribution >= 0.6 is 12.6 Å². The van der Waals surface area contributed by atoms with Gasteiger partial charge in [0.05, 0.1) is 4.75 Å². The Kier molecular flexibility index (Phi) is 20.0. The van der Waals surface area contributed by atoms with Gasteiger partial charge in [0.2, 0.25) is 47.3 Å². The van der Waals surface area contributed by atoms with Crippen molar-refractivity contribution in [1.29, 1.82) is 0 Å². The number of imide groups is 1. The molecule has 1 unspecified atom stereocenters. The molecule has 2 heterocycles. The Labute approximate surface area is 410 Å². The van der Waals surface area contributed by atoms with E-state index >= 15 is 0 Å². The number of primary amides is 2. The number of carbonyl (C=O) groups is 10. The SMILES string of the molecule is CCCC[C@@H](C(=O)N[C@@H](C)C(=O)N[C@H](C)C(=O)N[C@H](C(=O)N[C@H](Cc1ccccc1)C(=O)N[C@@H](CC)C(=O)N[C@@H](Cc1c[nH]c2ccccc12)C(N)=O)C(S)(/C=N\C)CC(N)=O)N1C(=O)N[C@H](C)C1=O. The second kappa shape index (κ2) is 25.3. The van der Waals surface area contributed by atoms with Gasteiger partial charge >= 0.3 is 6.03 Å². The van der Waals surface area contributed by atoms with Crippen LogP contribution in [0.4, 0.5) is 4.79 Å². The maximum atomic E-state index is 14.5. The van der Waals surface area contributed by atoms with E-state index in [1.54, 1.807) is 43.5 Å². The molecule has 0 saturated carbocycles.